The van der Waals surface area contributed by atoms with E-state index in [1.54, 1.807) is 6.92 Å². The lowest BCUT2D eigenvalue weighted by Gasteiger charge is -2.71. The van der Waals surface area contributed by atoms with E-state index in [2.05, 4.69) is 40.7 Å². The minimum Gasteiger partial charge on any atom is -0.299 e. The Labute approximate surface area is 217 Å². The normalized spacial score (nSPS) is 48.9. The first-order chi connectivity index (χ1) is 16.5. The van der Waals surface area contributed by atoms with Crippen molar-refractivity contribution in [1.82, 2.24) is 0 Å². The Hall–Kier alpha value is -1.76. The third-order valence-electron chi connectivity index (χ3n) is 13.2. The van der Waals surface area contributed by atoms with Gasteiger partial charge >= 0.3 is 0 Å². The number of rotatable bonds is 1. The second-order valence-electron chi connectivity index (χ2n) is 15.4. The number of Topliss-reactive ketones (excluding diaryl/α,β-unsaturated/α-hetero) is 3. The Bertz CT molecular complexity index is 1120. The molecule has 0 amide bonds. The van der Waals surface area contributed by atoms with Gasteiger partial charge in [0.15, 0.2) is 5.78 Å². The average molecular weight is 492 g/mol. The predicted molar refractivity (Wildman–Crippen MR) is 140 cm³/mol. The highest BCUT2D eigenvalue weighted by atomic mass is 16.1. The van der Waals surface area contributed by atoms with Crippen molar-refractivity contribution in [3.63, 3.8) is 0 Å². The predicted octanol–water partition coefficient (Wildman–Crippen LogP) is 6.87. The number of hydrogen-bond acceptors (Lipinski definition) is 4. The second kappa shape index (κ2) is 7.42. The smallest absolute Gasteiger partial charge is 0.178 e. The number of nitrogens with zero attached hydrogens (tertiary/aromatic N) is 1. The number of hydrogen-bond donors (Lipinski definition) is 0. The van der Waals surface area contributed by atoms with Gasteiger partial charge in [-0.2, -0.15) is 5.26 Å². The van der Waals surface area contributed by atoms with E-state index in [1.165, 1.54) is 0 Å². The summed E-state index contributed by atoms with van der Waals surface area (Å²) >= 11 is 0. The lowest BCUT2D eigenvalue weighted by molar-refractivity contribution is -0.221. The fourth-order valence-corrected chi connectivity index (χ4v) is 10.9. The van der Waals surface area contributed by atoms with E-state index in [1.807, 2.05) is 19.9 Å². The Morgan fingerprint density at radius 2 is 1.56 bits per heavy atom. The Balaban J connectivity index is 1.65. The average Bonchev–Trinajstić information content (AvgIpc) is 2.77. The molecule has 5 rings (SSSR count). The van der Waals surface area contributed by atoms with E-state index in [4.69, 9.17) is 0 Å². The molecule has 196 valence electrons. The summed E-state index contributed by atoms with van der Waals surface area (Å²) < 4.78 is 0. The highest BCUT2D eigenvalue weighted by Crippen LogP contribution is 2.75. The number of carbonyl (C=O) groups is 3. The highest BCUT2D eigenvalue weighted by Gasteiger charge is 2.72. The molecule has 4 heteroatoms. The molecule has 36 heavy (non-hydrogen) atoms. The minimum atomic E-state index is -0.611. The van der Waals surface area contributed by atoms with Crippen molar-refractivity contribution in [3.05, 3.63) is 11.6 Å². The van der Waals surface area contributed by atoms with Crippen molar-refractivity contribution < 1.29 is 14.4 Å². The van der Waals surface area contributed by atoms with E-state index in [-0.39, 0.29) is 67.9 Å². The summed E-state index contributed by atoms with van der Waals surface area (Å²) in [5, 5.41) is 9.87. The SMILES string of the molecule is CC(=O)[C@]12CCC(C)(C)CC1C1C(=O)CC3[C@@]4(C)C=C(C#N)C(=O)C(C)(C)C4CC[C@@]3(C)[C@]1(C)CC2. The molecule has 0 aromatic carbocycles. The molecule has 0 aliphatic heterocycles. The molecule has 0 radical (unpaired) electrons. The summed E-state index contributed by atoms with van der Waals surface area (Å²) in [6.45, 7) is 17.4. The summed E-state index contributed by atoms with van der Waals surface area (Å²) in [7, 11) is 0. The number of ketones is 3. The van der Waals surface area contributed by atoms with Crippen LogP contribution in [0.5, 0.6) is 0 Å². The van der Waals surface area contributed by atoms with Crippen LogP contribution in [0.2, 0.25) is 0 Å². The van der Waals surface area contributed by atoms with E-state index in [0.29, 0.717) is 12.2 Å². The van der Waals surface area contributed by atoms with Crippen LogP contribution in [0.15, 0.2) is 11.6 Å². The van der Waals surface area contributed by atoms with Gasteiger partial charge in [-0.25, -0.2) is 0 Å². The van der Waals surface area contributed by atoms with Crippen LogP contribution in [0.1, 0.15) is 107 Å². The molecule has 0 N–H and O–H groups in total. The lowest BCUT2D eigenvalue weighted by Crippen LogP contribution is -2.69. The summed E-state index contributed by atoms with van der Waals surface area (Å²) in [5.74, 6) is 0.808. The van der Waals surface area contributed by atoms with Gasteiger partial charge in [0.1, 0.15) is 17.6 Å². The van der Waals surface area contributed by atoms with Gasteiger partial charge in [0.2, 0.25) is 0 Å². The van der Waals surface area contributed by atoms with Gasteiger partial charge in [-0.15, -0.1) is 0 Å². The molecule has 0 aromatic heterocycles. The number of allylic oxidation sites excluding steroid dienone is 2. The number of fused-ring (bicyclic) bond motifs is 7. The zero-order chi connectivity index (χ0) is 26.7. The van der Waals surface area contributed by atoms with Gasteiger partial charge in [-0.1, -0.05) is 54.5 Å². The van der Waals surface area contributed by atoms with Gasteiger partial charge in [-0.3, -0.25) is 14.4 Å². The maximum Gasteiger partial charge on any atom is 0.178 e. The molecule has 4 nitrogen and oxygen atoms in total. The van der Waals surface area contributed by atoms with E-state index in [9.17, 15) is 19.6 Å². The van der Waals surface area contributed by atoms with Crippen molar-refractivity contribution in [2.75, 3.05) is 0 Å². The van der Waals surface area contributed by atoms with Crippen molar-refractivity contribution in [1.29, 1.82) is 5.26 Å². The zero-order valence-corrected chi connectivity index (χ0v) is 23.7. The second-order valence-corrected chi connectivity index (χ2v) is 15.4. The molecule has 4 fully saturated rings. The largest absolute Gasteiger partial charge is 0.299 e. The van der Waals surface area contributed by atoms with Crippen LogP contribution in [0, 0.1) is 67.5 Å². The van der Waals surface area contributed by atoms with Gasteiger partial charge in [0.05, 0.1) is 5.57 Å². The maximum atomic E-state index is 14.4. The fourth-order valence-electron chi connectivity index (χ4n) is 10.9. The third kappa shape index (κ3) is 2.95. The summed E-state index contributed by atoms with van der Waals surface area (Å²) in [6, 6.07) is 2.21. The van der Waals surface area contributed by atoms with Gasteiger partial charge in [0, 0.05) is 23.2 Å². The van der Waals surface area contributed by atoms with Gasteiger partial charge in [0.25, 0.3) is 0 Å². The Morgan fingerprint density at radius 3 is 2.17 bits per heavy atom. The van der Waals surface area contributed by atoms with Crippen LogP contribution in [0.25, 0.3) is 0 Å². The molecule has 0 heterocycles. The summed E-state index contributed by atoms with van der Waals surface area (Å²) in [6.07, 6.45) is 9.08. The van der Waals surface area contributed by atoms with Crippen LogP contribution in [0.3, 0.4) is 0 Å². The van der Waals surface area contributed by atoms with Crippen LogP contribution in [0.4, 0.5) is 0 Å². The fraction of sp³-hybridized carbons (Fsp3) is 0.812. The molecular weight excluding hydrogens is 446 g/mol. The molecule has 0 saturated heterocycles. The summed E-state index contributed by atoms with van der Waals surface area (Å²) in [5.41, 5.74) is -1.20. The third-order valence-corrected chi connectivity index (χ3v) is 13.2. The topological polar surface area (TPSA) is 75.0 Å². The van der Waals surface area contributed by atoms with Crippen LogP contribution < -0.4 is 0 Å². The van der Waals surface area contributed by atoms with Crippen LogP contribution in [-0.2, 0) is 14.4 Å². The van der Waals surface area contributed by atoms with Crippen molar-refractivity contribution in [2.45, 2.75) is 107 Å². The number of carbonyl (C=O) groups excluding carboxylic acids is 3. The number of nitriles is 1. The maximum absolute atomic E-state index is 14.4. The molecule has 4 saturated carbocycles. The molecule has 5 aliphatic rings. The molecule has 0 bridgehead atoms. The molecule has 0 spiro atoms. The first kappa shape index (κ1) is 25.9. The van der Waals surface area contributed by atoms with Crippen LogP contribution >= 0.6 is 0 Å². The van der Waals surface area contributed by atoms with Crippen molar-refractivity contribution >= 4 is 17.3 Å². The molecular formula is C32H45NO3. The monoisotopic (exact) mass is 491 g/mol. The highest BCUT2D eigenvalue weighted by molar-refractivity contribution is 6.04. The Morgan fingerprint density at radius 1 is 0.917 bits per heavy atom. The van der Waals surface area contributed by atoms with Crippen molar-refractivity contribution in [3.8, 4) is 6.07 Å². The van der Waals surface area contributed by atoms with E-state index in [0.717, 1.165) is 44.9 Å². The summed E-state index contributed by atoms with van der Waals surface area (Å²) in [4.78, 5) is 40.8. The minimum absolute atomic E-state index is 0.0457. The molecule has 5 aliphatic carbocycles. The van der Waals surface area contributed by atoms with E-state index < -0.39 is 5.41 Å². The Kier molecular flexibility index (Phi) is 5.33. The molecule has 8 atom stereocenters. The quantitative estimate of drug-likeness (QED) is 0.401. The first-order valence-corrected chi connectivity index (χ1v) is 14.2. The zero-order valence-electron chi connectivity index (χ0n) is 23.7. The molecule has 0 aromatic rings. The lowest BCUT2D eigenvalue weighted by atomic mass is 9.31. The van der Waals surface area contributed by atoms with Crippen molar-refractivity contribution in [2.24, 2.45) is 56.2 Å². The molecule has 4 unspecified atom stereocenters. The van der Waals surface area contributed by atoms with Gasteiger partial charge < -0.3 is 0 Å². The standard InChI is InChI=1S/C32H45NO3/c1-19(34)32-13-11-27(2,3)17-21(32)25-22(35)15-24-29(6)16-20(18-33)26(36)28(4,5)23(29)9-10-30(24,7)31(25,8)12-14-32/h16,21,23-25H,9-15,17H2,1-8H3/t21?,23?,24?,25?,29-,30+,31+,32+/m0/s1. The van der Waals surface area contributed by atoms with Crippen LogP contribution in [-0.4, -0.2) is 17.3 Å². The van der Waals surface area contributed by atoms with Gasteiger partial charge in [-0.05, 0) is 91.3 Å². The first-order valence-electron chi connectivity index (χ1n) is 14.2. The van der Waals surface area contributed by atoms with E-state index >= 15 is 0 Å².